The Morgan fingerprint density at radius 1 is 1.36 bits per heavy atom. The minimum atomic E-state index is -3.51. The van der Waals surface area contributed by atoms with Crippen LogP contribution in [0.3, 0.4) is 0 Å². The first-order valence-corrected chi connectivity index (χ1v) is 6.06. The fraction of sp³-hybridized carbons (Fsp3) is 1.00. The van der Waals surface area contributed by atoms with Gasteiger partial charge in [0.15, 0.2) is 0 Å². The molecule has 0 bridgehead atoms. The van der Waals surface area contributed by atoms with E-state index in [2.05, 4.69) is 9.44 Å². The first kappa shape index (κ1) is 13.8. The zero-order chi connectivity index (χ0) is 11.4. The molecule has 0 saturated carbocycles. The summed E-state index contributed by atoms with van der Waals surface area (Å²) in [7, 11) is -3.51. The van der Waals surface area contributed by atoms with Crippen molar-refractivity contribution in [3.63, 3.8) is 0 Å². The van der Waals surface area contributed by atoms with Crippen LogP contribution >= 0.6 is 0 Å². The number of hydrogen-bond acceptors (Lipinski definition) is 3. The largest absolute Gasteiger partial charge is 0.394 e. The SMILES string of the molecule is CC(C)CNS(=O)(=O)NC(C)(C)CO. The Hall–Kier alpha value is -0.170. The van der Waals surface area contributed by atoms with Crippen LogP contribution in [0.2, 0.25) is 0 Å². The third-order valence-electron chi connectivity index (χ3n) is 1.49. The minimum absolute atomic E-state index is 0.240. The monoisotopic (exact) mass is 224 g/mol. The normalized spacial score (nSPS) is 13.6. The van der Waals surface area contributed by atoms with Crippen molar-refractivity contribution in [1.82, 2.24) is 9.44 Å². The lowest BCUT2D eigenvalue weighted by molar-refractivity contribution is 0.208. The van der Waals surface area contributed by atoms with Gasteiger partial charge in [-0.2, -0.15) is 13.1 Å². The topological polar surface area (TPSA) is 78.4 Å². The van der Waals surface area contributed by atoms with Crippen molar-refractivity contribution in [2.24, 2.45) is 5.92 Å². The van der Waals surface area contributed by atoms with Crippen molar-refractivity contribution in [2.45, 2.75) is 33.2 Å². The lowest BCUT2D eigenvalue weighted by Crippen LogP contribution is -2.51. The Morgan fingerprint density at radius 3 is 2.21 bits per heavy atom. The summed E-state index contributed by atoms with van der Waals surface area (Å²) in [5.41, 5.74) is -0.831. The van der Waals surface area contributed by atoms with Crippen LogP contribution in [0.5, 0.6) is 0 Å². The van der Waals surface area contributed by atoms with Crippen LogP contribution in [0, 0.1) is 5.92 Å². The molecule has 0 unspecified atom stereocenters. The van der Waals surface area contributed by atoms with Gasteiger partial charge < -0.3 is 5.11 Å². The van der Waals surface area contributed by atoms with E-state index in [4.69, 9.17) is 5.11 Å². The van der Waals surface area contributed by atoms with E-state index >= 15 is 0 Å². The molecule has 0 aromatic rings. The van der Waals surface area contributed by atoms with Gasteiger partial charge in [-0.15, -0.1) is 0 Å². The van der Waals surface area contributed by atoms with Gasteiger partial charge in [0, 0.05) is 6.54 Å². The summed E-state index contributed by atoms with van der Waals surface area (Å²) in [6.45, 7) is 7.20. The maximum Gasteiger partial charge on any atom is 0.277 e. The molecule has 0 aliphatic carbocycles. The highest BCUT2D eigenvalue weighted by atomic mass is 32.2. The first-order chi connectivity index (χ1) is 6.18. The van der Waals surface area contributed by atoms with Crippen LogP contribution in [0.15, 0.2) is 0 Å². The van der Waals surface area contributed by atoms with Crippen molar-refractivity contribution in [2.75, 3.05) is 13.2 Å². The van der Waals surface area contributed by atoms with Gasteiger partial charge in [-0.25, -0.2) is 4.72 Å². The van der Waals surface area contributed by atoms with Gasteiger partial charge in [-0.3, -0.25) is 0 Å². The van der Waals surface area contributed by atoms with Gasteiger partial charge >= 0.3 is 0 Å². The number of nitrogens with one attached hydrogen (secondary N) is 2. The number of hydrogen-bond donors (Lipinski definition) is 3. The van der Waals surface area contributed by atoms with E-state index in [-0.39, 0.29) is 12.5 Å². The fourth-order valence-electron chi connectivity index (χ4n) is 0.708. The van der Waals surface area contributed by atoms with Crippen molar-refractivity contribution in [3.05, 3.63) is 0 Å². The lowest BCUT2D eigenvalue weighted by Gasteiger charge is -2.23. The summed E-state index contributed by atoms with van der Waals surface area (Å²) in [6.07, 6.45) is 0. The molecule has 0 amide bonds. The van der Waals surface area contributed by atoms with Crippen molar-refractivity contribution < 1.29 is 13.5 Å². The molecule has 3 N–H and O–H groups in total. The van der Waals surface area contributed by atoms with Gasteiger partial charge in [-0.05, 0) is 19.8 Å². The van der Waals surface area contributed by atoms with E-state index in [0.717, 1.165) is 0 Å². The van der Waals surface area contributed by atoms with Crippen LogP contribution in [0.25, 0.3) is 0 Å². The minimum Gasteiger partial charge on any atom is -0.394 e. The molecule has 0 heterocycles. The van der Waals surface area contributed by atoms with E-state index in [1.807, 2.05) is 13.8 Å². The first-order valence-electron chi connectivity index (χ1n) is 4.58. The third-order valence-corrected chi connectivity index (χ3v) is 2.86. The highest BCUT2D eigenvalue weighted by Crippen LogP contribution is 2.01. The summed E-state index contributed by atoms with van der Waals surface area (Å²) >= 11 is 0. The maximum atomic E-state index is 11.4. The Morgan fingerprint density at radius 2 is 1.86 bits per heavy atom. The smallest absolute Gasteiger partial charge is 0.277 e. The van der Waals surface area contributed by atoms with Crippen LogP contribution in [0.4, 0.5) is 0 Å². The molecule has 0 aromatic carbocycles. The highest BCUT2D eigenvalue weighted by Gasteiger charge is 2.23. The fourth-order valence-corrected chi connectivity index (χ4v) is 2.13. The molecule has 0 rings (SSSR count). The van der Waals surface area contributed by atoms with Crippen LogP contribution in [0.1, 0.15) is 27.7 Å². The highest BCUT2D eigenvalue weighted by molar-refractivity contribution is 7.87. The molecule has 0 radical (unpaired) electrons. The molecule has 6 heteroatoms. The summed E-state index contributed by atoms with van der Waals surface area (Å²) in [5, 5.41) is 8.88. The molecule has 0 atom stereocenters. The molecule has 0 aliphatic rings. The molecule has 0 saturated heterocycles. The third kappa shape index (κ3) is 6.31. The summed E-state index contributed by atoms with van der Waals surface area (Å²) in [6, 6.07) is 0. The Labute approximate surface area is 86.1 Å². The Kier molecular flexibility index (Phi) is 5.00. The molecule has 0 aliphatic heterocycles. The van der Waals surface area contributed by atoms with E-state index < -0.39 is 15.7 Å². The van der Waals surface area contributed by atoms with Gasteiger partial charge in [-0.1, -0.05) is 13.8 Å². The average Bonchev–Trinajstić information content (AvgIpc) is 1.99. The van der Waals surface area contributed by atoms with Crippen molar-refractivity contribution in [1.29, 1.82) is 0 Å². The van der Waals surface area contributed by atoms with Crippen LogP contribution < -0.4 is 9.44 Å². The average molecular weight is 224 g/mol. The van der Waals surface area contributed by atoms with Crippen LogP contribution in [-0.2, 0) is 10.2 Å². The number of rotatable bonds is 6. The van der Waals surface area contributed by atoms with E-state index in [0.29, 0.717) is 6.54 Å². The Bertz CT molecular complexity index is 260. The van der Waals surface area contributed by atoms with Gasteiger partial charge in [0.1, 0.15) is 0 Å². The number of aliphatic hydroxyl groups excluding tert-OH is 1. The number of aliphatic hydroxyl groups is 1. The second-order valence-corrected chi connectivity index (χ2v) is 5.89. The van der Waals surface area contributed by atoms with Crippen molar-refractivity contribution >= 4 is 10.2 Å². The second-order valence-electron chi connectivity index (χ2n) is 4.39. The molecule has 5 nitrogen and oxygen atoms in total. The summed E-state index contributed by atoms with van der Waals surface area (Å²) < 4.78 is 27.5. The lowest BCUT2D eigenvalue weighted by atomic mass is 10.1. The molecule has 0 fully saturated rings. The Balaban J connectivity index is 4.22. The predicted octanol–water partition coefficient (Wildman–Crippen LogP) is -0.163. The maximum absolute atomic E-state index is 11.4. The predicted molar refractivity (Wildman–Crippen MR) is 56.1 cm³/mol. The second kappa shape index (κ2) is 5.06. The summed E-state index contributed by atoms with van der Waals surface area (Å²) in [4.78, 5) is 0. The van der Waals surface area contributed by atoms with E-state index in [1.54, 1.807) is 13.8 Å². The molecule has 0 spiro atoms. The van der Waals surface area contributed by atoms with Gasteiger partial charge in [0.05, 0.1) is 12.1 Å². The zero-order valence-corrected chi connectivity index (χ0v) is 9.98. The van der Waals surface area contributed by atoms with Crippen molar-refractivity contribution in [3.8, 4) is 0 Å². The molecular formula is C8H20N2O3S. The van der Waals surface area contributed by atoms with E-state index in [9.17, 15) is 8.42 Å². The van der Waals surface area contributed by atoms with E-state index in [1.165, 1.54) is 0 Å². The van der Waals surface area contributed by atoms with Gasteiger partial charge in [0.2, 0.25) is 0 Å². The molecular weight excluding hydrogens is 204 g/mol. The molecule has 14 heavy (non-hydrogen) atoms. The van der Waals surface area contributed by atoms with Crippen LogP contribution in [-0.4, -0.2) is 32.2 Å². The molecule has 0 aromatic heterocycles. The zero-order valence-electron chi connectivity index (χ0n) is 9.16. The standard InChI is InChI=1S/C8H20N2O3S/c1-7(2)5-9-14(12,13)10-8(3,4)6-11/h7,9-11H,5-6H2,1-4H3. The van der Waals surface area contributed by atoms with Gasteiger partial charge in [0.25, 0.3) is 10.2 Å². The quantitative estimate of drug-likeness (QED) is 0.586. The summed E-state index contributed by atoms with van der Waals surface area (Å²) in [5.74, 6) is 0.254. The molecule has 86 valence electrons.